The Morgan fingerprint density at radius 3 is 1.15 bits per heavy atom. The molecule has 0 aliphatic carbocycles. The molecule has 6 heteroatoms. The topological polar surface area (TPSA) is 112 Å². The summed E-state index contributed by atoms with van der Waals surface area (Å²) in [6.07, 6.45) is 1.24. The molecule has 2 aromatic rings. The van der Waals surface area contributed by atoms with Gasteiger partial charge in [-0.05, 0) is 48.6 Å². The molecule has 0 spiro atoms. The molecule has 230 valence electrons. The molecule has 0 aliphatic heterocycles. The van der Waals surface area contributed by atoms with E-state index in [1.165, 1.54) is 5.56 Å². The van der Waals surface area contributed by atoms with Crippen molar-refractivity contribution in [1.82, 2.24) is 0 Å². The van der Waals surface area contributed by atoms with Crippen molar-refractivity contribution in [3.05, 3.63) is 71.3 Å². The lowest BCUT2D eigenvalue weighted by molar-refractivity contribution is -0.144. The van der Waals surface area contributed by atoms with Gasteiger partial charge in [0.2, 0.25) is 0 Å². The number of carboxylic acids is 3. The zero-order valence-electron chi connectivity index (χ0n) is 23.6. The fraction of sp³-hybridized carbons (Fsp3) is 0.559. The van der Waals surface area contributed by atoms with Gasteiger partial charge >= 0.3 is 17.9 Å². The molecule has 3 atom stereocenters. The number of benzene rings is 2. The van der Waals surface area contributed by atoms with Crippen LogP contribution in [-0.2, 0) is 27.2 Å². The first-order chi connectivity index (χ1) is 17.2. The van der Waals surface area contributed by atoms with Crippen molar-refractivity contribution in [3.8, 4) is 0 Å². The average molecular weight is 563 g/mol. The average Bonchev–Trinajstić information content (AvgIpc) is 2.82. The number of rotatable bonds is 10. The van der Waals surface area contributed by atoms with Crippen LogP contribution in [0.1, 0.15) is 87.4 Å². The zero-order valence-corrected chi connectivity index (χ0v) is 23.6. The number of hydrogen-bond donors (Lipinski definition) is 3. The number of carbonyl (C=O) groups is 3. The summed E-state index contributed by atoms with van der Waals surface area (Å²) in [6, 6.07) is 17.8. The highest BCUT2D eigenvalue weighted by atomic mass is 16.4. The quantitative estimate of drug-likeness (QED) is 0.267. The molecule has 0 unspecified atom stereocenters. The van der Waals surface area contributed by atoms with Crippen molar-refractivity contribution in [1.29, 1.82) is 0 Å². The van der Waals surface area contributed by atoms with Gasteiger partial charge in [0.15, 0.2) is 0 Å². The molecule has 0 amide bonds. The van der Waals surface area contributed by atoms with Gasteiger partial charge in [-0.2, -0.15) is 0 Å². The van der Waals surface area contributed by atoms with Gasteiger partial charge in [0.25, 0.3) is 0 Å². The maximum Gasteiger partial charge on any atom is 0.307 e. The van der Waals surface area contributed by atoms with Crippen LogP contribution >= 0.6 is 0 Å². The summed E-state index contributed by atoms with van der Waals surface area (Å²) >= 11 is 0. The van der Waals surface area contributed by atoms with Gasteiger partial charge in [-0.15, -0.1) is 0 Å². The summed E-state index contributed by atoms with van der Waals surface area (Å²) in [4.78, 5) is 32.1. The minimum Gasteiger partial charge on any atom is -0.481 e. The Balaban J connectivity index is -0.000000244. The third kappa shape index (κ3) is 18.2. The van der Waals surface area contributed by atoms with Gasteiger partial charge in [-0.25, -0.2) is 0 Å². The van der Waals surface area contributed by atoms with Crippen LogP contribution < -0.4 is 0 Å². The molecule has 2 aromatic carbocycles. The van der Waals surface area contributed by atoms with E-state index in [0.717, 1.165) is 11.1 Å². The van der Waals surface area contributed by atoms with Crippen molar-refractivity contribution in [3.63, 3.8) is 0 Å². The second kappa shape index (κ2) is 22.6. The zero-order chi connectivity index (χ0) is 28.7. The summed E-state index contributed by atoms with van der Waals surface area (Å²) in [7, 11) is 0. The maximum atomic E-state index is 11.0. The molecule has 0 heterocycles. The Labute approximate surface area is 244 Å². The van der Waals surface area contributed by atoms with Crippen molar-refractivity contribution in [2.45, 2.75) is 90.5 Å². The minimum atomic E-state index is -0.708. The number of aliphatic carboxylic acids is 3. The molecule has 0 aliphatic rings. The molecule has 0 saturated carbocycles. The molecule has 6 nitrogen and oxygen atoms in total. The minimum absolute atomic E-state index is 0. The van der Waals surface area contributed by atoms with Crippen LogP contribution in [0.4, 0.5) is 0 Å². The van der Waals surface area contributed by atoms with Crippen molar-refractivity contribution in [2.24, 2.45) is 35.5 Å². The molecule has 0 fully saturated rings. The first kappa shape index (κ1) is 43.9. The van der Waals surface area contributed by atoms with E-state index in [1.54, 1.807) is 6.92 Å². The van der Waals surface area contributed by atoms with E-state index in [2.05, 4.69) is 0 Å². The van der Waals surface area contributed by atoms with E-state index in [4.69, 9.17) is 15.3 Å². The third-order valence-electron chi connectivity index (χ3n) is 6.51. The first-order valence-electron chi connectivity index (χ1n) is 12.9. The summed E-state index contributed by atoms with van der Waals surface area (Å²) in [5.41, 5.74) is 3.39. The largest absolute Gasteiger partial charge is 0.481 e. The predicted octanol–water partition coefficient (Wildman–Crippen LogP) is 8.75. The van der Waals surface area contributed by atoms with Crippen LogP contribution in [0.3, 0.4) is 0 Å². The normalized spacial score (nSPS) is 12.1. The van der Waals surface area contributed by atoms with Crippen LogP contribution in [0.15, 0.2) is 54.6 Å². The highest BCUT2D eigenvalue weighted by Gasteiger charge is 2.22. The van der Waals surface area contributed by atoms with Gasteiger partial charge in [0.05, 0.1) is 17.8 Å². The monoisotopic (exact) mass is 562 g/mol. The molecule has 0 radical (unpaired) electrons. The van der Waals surface area contributed by atoms with Crippen LogP contribution in [0.25, 0.3) is 0 Å². The lowest BCUT2D eigenvalue weighted by atomic mass is 9.89. The predicted molar refractivity (Wildman–Crippen MR) is 169 cm³/mol. The second-order valence-electron chi connectivity index (χ2n) is 10.6. The molecule has 40 heavy (non-hydrogen) atoms. The van der Waals surface area contributed by atoms with E-state index in [1.807, 2.05) is 103 Å². The Hall–Kier alpha value is -3.15. The summed E-state index contributed by atoms with van der Waals surface area (Å²) in [5.74, 6) is -2.31. The molecule has 0 saturated heterocycles. The highest BCUT2D eigenvalue weighted by Crippen LogP contribution is 2.18. The third-order valence-corrected chi connectivity index (χ3v) is 6.51. The fourth-order valence-electron chi connectivity index (χ4n) is 3.35. The Morgan fingerprint density at radius 2 is 0.900 bits per heavy atom. The van der Waals surface area contributed by atoms with Crippen LogP contribution in [0, 0.1) is 42.4 Å². The molecule has 3 N–H and O–H groups in total. The van der Waals surface area contributed by atoms with Crippen LogP contribution in [0.5, 0.6) is 0 Å². The molecule has 0 bridgehead atoms. The van der Waals surface area contributed by atoms with Crippen LogP contribution in [0.2, 0.25) is 0 Å². The van der Waals surface area contributed by atoms with E-state index < -0.39 is 17.9 Å². The van der Waals surface area contributed by atoms with Gasteiger partial charge < -0.3 is 15.3 Å². The Bertz CT molecular complexity index is 933. The number of carboxylic acid groups (broad SMARTS) is 3. The lowest BCUT2D eigenvalue weighted by Crippen LogP contribution is -2.22. The van der Waals surface area contributed by atoms with E-state index in [-0.39, 0.29) is 57.8 Å². The van der Waals surface area contributed by atoms with Gasteiger partial charge in [0.1, 0.15) is 0 Å². The first-order valence-corrected chi connectivity index (χ1v) is 12.9. The second-order valence-corrected chi connectivity index (χ2v) is 10.6. The SMILES string of the molecule is C.C.C.CC(C)[C@@H](C)C(=O)O.CC(C)[C@@H](Cc1ccccc1)C(=O)O.Cc1ccc(C[C@@H](C(=O)O)C(C)C)cc1. The number of hydrogen-bond acceptors (Lipinski definition) is 3. The summed E-state index contributed by atoms with van der Waals surface area (Å²) < 4.78 is 0. The van der Waals surface area contributed by atoms with E-state index in [0.29, 0.717) is 12.8 Å². The molecule has 0 aromatic heterocycles. The van der Waals surface area contributed by atoms with Crippen molar-refractivity contribution in [2.75, 3.05) is 0 Å². The molecular weight excluding hydrogens is 504 g/mol. The summed E-state index contributed by atoms with van der Waals surface area (Å²) in [5, 5.41) is 26.4. The van der Waals surface area contributed by atoms with Crippen molar-refractivity contribution < 1.29 is 29.7 Å². The fourth-order valence-corrected chi connectivity index (χ4v) is 3.35. The summed E-state index contributed by atoms with van der Waals surface area (Å²) in [6.45, 7) is 15.3. The molecule has 2 rings (SSSR count). The van der Waals surface area contributed by atoms with Gasteiger partial charge in [-0.3, -0.25) is 14.4 Å². The smallest absolute Gasteiger partial charge is 0.307 e. The van der Waals surface area contributed by atoms with E-state index in [9.17, 15) is 14.4 Å². The van der Waals surface area contributed by atoms with Crippen molar-refractivity contribution >= 4 is 17.9 Å². The number of aryl methyl sites for hydroxylation is 1. The van der Waals surface area contributed by atoms with Gasteiger partial charge in [-0.1, -0.05) is 131 Å². The molecular formula is C34H58O6. The maximum absolute atomic E-state index is 11.0. The van der Waals surface area contributed by atoms with Crippen LogP contribution in [-0.4, -0.2) is 33.2 Å². The Kier molecular flexibility index (Phi) is 24.8. The standard InChI is InChI=1S/C13H18O2.C12H16O2.C6H12O2.3CH4/c1-9(2)12(13(14)15)8-11-6-4-10(3)5-7-11;1-9(2)11(12(13)14)8-10-6-4-3-5-7-10;1-4(2)5(3)6(7)8;;;/h4-7,9,12H,8H2,1-3H3,(H,14,15);3-7,9,11H,8H2,1-2H3,(H,13,14);4-5H,1-3H3,(H,7,8);3*1H4/t12-;11-;5-;;;/m111.../s1. The Morgan fingerprint density at radius 1 is 0.550 bits per heavy atom. The van der Waals surface area contributed by atoms with E-state index >= 15 is 0 Å². The van der Waals surface area contributed by atoms with Gasteiger partial charge in [0, 0.05) is 0 Å². The lowest BCUT2D eigenvalue weighted by Gasteiger charge is -2.16. The highest BCUT2D eigenvalue weighted by molar-refractivity contribution is 5.71.